The van der Waals surface area contributed by atoms with Crippen molar-refractivity contribution in [2.24, 2.45) is 5.73 Å². The molecule has 0 aromatic heterocycles. The Morgan fingerprint density at radius 1 is 0.517 bits per heavy atom. The Morgan fingerprint density at radius 3 is 1.35 bits per heavy atom. The largest absolute Gasteiger partial charge is 0.480 e. The van der Waals surface area contributed by atoms with Crippen LogP contribution < -0.4 is 5.73 Å². The van der Waals surface area contributed by atoms with Gasteiger partial charge < -0.3 is 25.2 Å². The van der Waals surface area contributed by atoms with E-state index in [2.05, 4.69) is 54.8 Å². The highest BCUT2D eigenvalue weighted by Crippen LogP contribution is 2.43. The number of phosphoric acid groups is 1. The molecule has 0 rings (SSSR count). The average Bonchev–Trinajstić information content (AvgIpc) is 3.22. The van der Waals surface area contributed by atoms with Crippen molar-refractivity contribution in [2.75, 3.05) is 19.8 Å². The Labute approximate surface area is 365 Å². The van der Waals surface area contributed by atoms with Gasteiger partial charge in [-0.15, -0.1) is 0 Å². The predicted octanol–water partition coefficient (Wildman–Crippen LogP) is 13.2. The van der Waals surface area contributed by atoms with Crippen LogP contribution in [-0.2, 0) is 37.5 Å². The van der Waals surface area contributed by atoms with Crippen LogP contribution in [0.5, 0.6) is 0 Å². The lowest BCUT2D eigenvalue weighted by Gasteiger charge is -2.20. The lowest BCUT2D eigenvalue weighted by atomic mass is 10.1. The number of aliphatic carboxylic acids is 1. The number of phosphoric ester groups is 1. The molecule has 0 saturated heterocycles. The van der Waals surface area contributed by atoms with E-state index in [1.807, 2.05) is 0 Å². The van der Waals surface area contributed by atoms with E-state index in [0.717, 1.165) is 51.4 Å². The number of hydrogen-bond acceptors (Lipinski definition) is 9. The molecule has 350 valence electrons. The van der Waals surface area contributed by atoms with Crippen LogP contribution in [0.4, 0.5) is 0 Å². The van der Waals surface area contributed by atoms with E-state index in [-0.39, 0.29) is 19.4 Å². The monoisotopic (exact) mass is 870 g/mol. The molecule has 1 unspecified atom stereocenters. The number of carbonyl (C=O) groups is 3. The lowest BCUT2D eigenvalue weighted by molar-refractivity contribution is -0.161. The van der Waals surface area contributed by atoms with Crippen molar-refractivity contribution in [3.63, 3.8) is 0 Å². The van der Waals surface area contributed by atoms with Gasteiger partial charge in [0.25, 0.3) is 0 Å². The smallest absolute Gasteiger partial charge is 0.472 e. The van der Waals surface area contributed by atoms with Crippen molar-refractivity contribution in [2.45, 2.75) is 231 Å². The molecule has 0 fully saturated rings. The maximum atomic E-state index is 12.7. The van der Waals surface area contributed by atoms with Gasteiger partial charge in [0, 0.05) is 12.8 Å². The normalized spacial score (nSPS) is 13.9. The zero-order chi connectivity index (χ0) is 44.2. The second-order valence-corrected chi connectivity index (χ2v) is 17.7. The summed E-state index contributed by atoms with van der Waals surface area (Å²) in [6, 6.07) is -1.52. The molecular formula is C48H88NO10P. The molecule has 0 saturated carbocycles. The summed E-state index contributed by atoms with van der Waals surface area (Å²) in [4.78, 5) is 46.1. The van der Waals surface area contributed by atoms with Crippen molar-refractivity contribution in [1.29, 1.82) is 0 Å². The van der Waals surface area contributed by atoms with E-state index >= 15 is 0 Å². The number of ether oxygens (including phenoxy) is 2. The number of carboxylic acids is 1. The number of allylic oxidation sites excluding steroid dienone is 6. The summed E-state index contributed by atoms with van der Waals surface area (Å²) < 4.78 is 32.8. The van der Waals surface area contributed by atoms with Crippen LogP contribution in [0.3, 0.4) is 0 Å². The lowest BCUT2D eigenvalue weighted by Crippen LogP contribution is -2.34. The molecule has 0 radical (unpaired) electrons. The van der Waals surface area contributed by atoms with Gasteiger partial charge in [0.05, 0.1) is 13.2 Å². The highest BCUT2D eigenvalue weighted by molar-refractivity contribution is 7.47. The molecular weight excluding hydrogens is 781 g/mol. The molecule has 11 nitrogen and oxygen atoms in total. The molecule has 0 spiro atoms. The first-order valence-corrected chi connectivity index (χ1v) is 25.5. The SMILES string of the molecule is CCCCC/C=C/C/C=C/CCCCCCCCCCCC(=O)O[C@H](COC(=O)CCCCCCCCCCC/C=C/CCCCCC)COP(=O)(O)OC[C@H](N)C(=O)O. The molecule has 12 heteroatoms. The first kappa shape index (κ1) is 57.7. The summed E-state index contributed by atoms with van der Waals surface area (Å²) in [5, 5.41) is 8.91. The van der Waals surface area contributed by atoms with E-state index in [1.165, 1.54) is 128 Å². The van der Waals surface area contributed by atoms with Gasteiger partial charge in [0.2, 0.25) is 0 Å². The van der Waals surface area contributed by atoms with Gasteiger partial charge in [0.1, 0.15) is 12.6 Å². The van der Waals surface area contributed by atoms with Crippen LogP contribution in [0.2, 0.25) is 0 Å². The minimum absolute atomic E-state index is 0.157. The van der Waals surface area contributed by atoms with Crippen LogP contribution in [-0.4, -0.2) is 59.9 Å². The molecule has 0 aliphatic carbocycles. The Morgan fingerprint density at radius 2 is 0.883 bits per heavy atom. The van der Waals surface area contributed by atoms with Crippen LogP contribution in [0, 0.1) is 0 Å². The van der Waals surface area contributed by atoms with Gasteiger partial charge in [-0.25, -0.2) is 4.57 Å². The van der Waals surface area contributed by atoms with Gasteiger partial charge in [-0.2, -0.15) is 0 Å². The molecule has 4 N–H and O–H groups in total. The van der Waals surface area contributed by atoms with Crippen molar-refractivity contribution >= 4 is 25.7 Å². The Bertz CT molecular complexity index is 1160. The molecule has 0 aliphatic rings. The average molecular weight is 870 g/mol. The van der Waals surface area contributed by atoms with Gasteiger partial charge in [-0.1, -0.05) is 172 Å². The second-order valence-electron chi connectivity index (χ2n) is 16.2. The van der Waals surface area contributed by atoms with Crippen LogP contribution >= 0.6 is 7.82 Å². The summed E-state index contributed by atoms with van der Waals surface area (Å²) in [5.74, 6) is -2.38. The third-order valence-corrected chi connectivity index (χ3v) is 11.3. The van der Waals surface area contributed by atoms with Crippen molar-refractivity contribution < 1.29 is 47.5 Å². The number of unbranched alkanes of at least 4 members (excludes halogenated alkanes) is 25. The number of esters is 2. The molecule has 0 amide bonds. The van der Waals surface area contributed by atoms with E-state index in [9.17, 15) is 23.8 Å². The highest BCUT2D eigenvalue weighted by Gasteiger charge is 2.28. The fourth-order valence-electron chi connectivity index (χ4n) is 6.56. The van der Waals surface area contributed by atoms with Crippen molar-refractivity contribution in [1.82, 2.24) is 0 Å². The maximum Gasteiger partial charge on any atom is 0.472 e. The van der Waals surface area contributed by atoms with Crippen LogP contribution in [0.25, 0.3) is 0 Å². The highest BCUT2D eigenvalue weighted by atomic mass is 31.2. The minimum atomic E-state index is -4.72. The quantitative estimate of drug-likeness (QED) is 0.0230. The summed E-state index contributed by atoms with van der Waals surface area (Å²) in [5.41, 5.74) is 5.34. The predicted molar refractivity (Wildman–Crippen MR) is 245 cm³/mol. The molecule has 60 heavy (non-hydrogen) atoms. The number of carbonyl (C=O) groups excluding carboxylic acids is 2. The third-order valence-electron chi connectivity index (χ3n) is 10.4. The summed E-state index contributed by atoms with van der Waals surface area (Å²) in [6.45, 7) is 2.78. The minimum Gasteiger partial charge on any atom is -0.480 e. The number of rotatable bonds is 45. The number of nitrogens with two attached hydrogens (primary N) is 1. The van der Waals surface area contributed by atoms with E-state index < -0.39 is 51.1 Å². The molecule has 0 aromatic carbocycles. The first-order chi connectivity index (χ1) is 29.1. The standard InChI is InChI=1S/C48H88NO10P/c1-3-5-7-9-11-13-15-17-19-21-22-24-26-28-30-32-34-36-38-40-47(51)59-44(42-57-60(54,55)58-43-45(49)48(52)53)41-56-46(50)39-37-35-33-31-29-27-25-23-20-18-16-14-12-10-8-6-4-2/h11,13-14,16-17,19,44-45H,3-10,12,15,18,20-43,49H2,1-2H3,(H,52,53)(H,54,55)/b13-11+,16-14+,19-17+/t44-,45+/m1/s1. The molecule has 0 heterocycles. The van der Waals surface area contributed by atoms with E-state index in [1.54, 1.807) is 0 Å². The fraction of sp³-hybridized carbons (Fsp3) is 0.812. The topological polar surface area (TPSA) is 172 Å². The molecule has 3 atom stereocenters. The van der Waals surface area contributed by atoms with E-state index in [0.29, 0.717) is 12.8 Å². The van der Waals surface area contributed by atoms with Gasteiger partial charge >= 0.3 is 25.7 Å². The van der Waals surface area contributed by atoms with Crippen LogP contribution in [0.1, 0.15) is 219 Å². The Hall–Kier alpha value is -2.30. The number of carboxylic acid groups (broad SMARTS) is 1. The third kappa shape index (κ3) is 42.4. The first-order valence-electron chi connectivity index (χ1n) is 24.0. The van der Waals surface area contributed by atoms with Gasteiger partial charge in [-0.05, 0) is 70.6 Å². The molecule has 0 aliphatic heterocycles. The van der Waals surface area contributed by atoms with Crippen LogP contribution in [0.15, 0.2) is 36.5 Å². The Balaban J connectivity index is 4.29. The summed E-state index contributed by atoms with van der Waals surface area (Å²) in [6.07, 6.45) is 47.7. The zero-order valence-corrected chi connectivity index (χ0v) is 38.9. The maximum absolute atomic E-state index is 12.7. The Kier molecular flexibility index (Phi) is 41.7. The summed E-state index contributed by atoms with van der Waals surface area (Å²) in [7, 11) is -4.72. The van der Waals surface area contributed by atoms with E-state index in [4.69, 9.17) is 24.8 Å². The van der Waals surface area contributed by atoms with Crippen molar-refractivity contribution in [3.8, 4) is 0 Å². The number of hydrogen-bond donors (Lipinski definition) is 3. The molecule has 0 aromatic rings. The summed E-state index contributed by atoms with van der Waals surface area (Å²) >= 11 is 0. The molecule has 0 bridgehead atoms. The van der Waals surface area contributed by atoms with Crippen molar-refractivity contribution in [3.05, 3.63) is 36.5 Å². The fourth-order valence-corrected chi connectivity index (χ4v) is 7.34. The van der Waals surface area contributed by atoms with Gasteiger partial charge in [0.15, 0.2) is 6.10 Å². The second kappa shape index (κ2) is 43.4. The van der Waals surface area contributed by atoms with Gasteiger partial charge in [-0.3, -0.25) is 23.4 Å². The zero-order valence-electron chi connectivity index (χ0n) is 38.1.